The van der Waals surface area contributed by atoms with Gasteiger partial charge in [0.15, 0.2) is 0 Å². The van der Waals surface area contributed by atoms with E-state index in [0.29, 0.717) is 0 Å². The monoisotopic (exact) mass is 680 g/mol. The van der Waals surface area contributed by atoms with Gasteiger partial charge in [-0.1, -0.05) is 133 Å². The summed E-state index contributed by atoms with van der Waals surface area (Å²) >= 11 is 1.75. The Morgan fingerprint density at radius 1 is 0.365 bits per heavy atom. The van der Waals surface area contributed by atoms with Crippen LogP contribution in [0.4, 0.5) is 17.1 Å². The molecule has 3 heteroatoms. The first kappa shape index (κ1) is 30.3. The number of hydrogen-bond donors (Lipinski definition) is 0. The molecule has 244 valence electrons. The van der Waals surface area contributed by atoms with Crippen LogP contribution in [-0.2, 0) is 0 Å². The zero-order valence-corrected chi connectivity index (χ0v) is 29.1. The number of thiophene rings is 1. The fourth-order valence-electron chi connectivity index (χ4n) is 7.53. The number of anilines is 3. The fraction of sp³-hybridized carbons (Fsp3) is 0. The predicted molar refractivity (Wildman–Crippen MR) is 223 cm³/mol. The normalized spacial score (nSPS) is 11.5. The van der Waals surface area contributed by atoms with Crippen molar-refractivity contribution in [2.24, 2.45) is 0 Å². The van der Waals surface area contributed by atoms with Crippen molar-refractivity contribution in [3.05, 3.63) is 194 Å². The number of pyridine rings is 1. The SMILES string of the molecule is c1ccc(-c2ccc(N(c3ccc(-c4cnc5sc6ccccc6c5c4)cc3)c3ccc(-c4cc5ccccc5c5ccccc45)cc3)cc2)cc1. The van der Waals surface area contributed by atoms with E-state index in [1.807, 2.05) is 6.20 Å². The van der Waals surface area contributed by atoms with Gasteiger partial charge in [-0.3, -0.25) is 0 Å². The highest BCUT2D eigenvalue weighted by Gasteiger charge is 2.16. The van der Waals surface area contributed by atoms with E-state index < -0.39 is 0 Å². The molecule has 10 rings (SSSR count). The number of hydrogen-bond acceptors (Lipinski definition) is 3. The van der Waals surface area contributed by atoms with E-state index in [-0.39, 0.29) is 0 Å². The lowest BCUT2D eigenvalue weighted by atomic mass is 9.93. The summed E-state index contributed by atoms with van der Waals surface area (Å²) in [6, 6.07) is 67.9. The molecule has 0 atom stereocenters. The second kappa shape index (κ2) is 12.6. The van der Waals surface area contributed by atoms with Gasteiger partial charge in [0.1, 0.15) is 4.83 Å². The van der Waals surface area contributed by atoms with Crippen molar-refractivity contribution >= 4 is 70.2 Å². The number of nitrogens with zero attached hydrogens (tertiary/aromatic N) is 2. The maximum atomic E-state index is 4.86. The minimum absolute atomic E-state index is 1.08. The van der Waals surface area contributed by atoms with Gasteiger partial charge in [0, 0.05) is 44.3 Å². The Hall–Kier alpha value is -6.55. The van der Waals surface area contributed by atoms with Gasteiger partial charge in [-0.05, 0) is 104 Å². The fourth-order valence-corrected chi connectivity index (χ4v) is 8.56. The molecule has 2 nitrogen and oxygen atoms in total. The molecule has 52 heavy (non-hydrogen) atoms. The summed E-state index contributed by atoms with van der Waals surface area (Å²) in [6.45, 7) is 0. The van der Waals surface area contributed by atoms with Crippen LogP contribution in [0.15, 0.2) is 194 Å². The molecule has 0 spiro atoms. The molecule has 0 bridgehead atoms. The van der Waals surface area contributed by atoms with E-state index in [2.05, 4.69) is 193 Å². The standard InChI is InChI=1S/C49H32N2S/c1-2-10-33(11-3-1)34-18-24-39(25-19-34)51(40-26-20-35(21-27-40)38-31-47-45-16-8-9-17-48(45)52-49(47)50-32-38)41-28-22-36(23-29-41)46-30-37-12-4-5-13-42(37)43-14-6-7-15-44(43)46/h1-32H. The molecular weight excluding hydrogens is 649 g/mol. The molecule has 0 aliphatic carbocycles. The Kier molecular flexibility index (Phi) is 7.37. The third kappa shape index (κ3) is 5.31. The van der Waals surface area contributed by atoms with Crippen molar-refractivity contribution in [3.8, 4) is 33.4 Å². The summed E-state index contributed by atoms with van der Waals surface area (Å²) < 4.78 is 1.27. The maximum Gasteiger partial charge on any atom is 0.124 e. The minimum atomic E-state index is 1.08. The second-order valence-electron chi connectivity index (χ2n) is 13.2. The van der Waals surface area contributed by atoms with Crippen LogP contribution in [0.5, 0.6) is 0 Å². The summed E-state index contributed by atoms with van der Waals surface area (Å²) in [5.41, 5.74) is 10.4. The lowest BCUT2D eigenvalue weighted by molar-refractivity contribution is 1.28. The molecule has 0 saturated carbocycles. The van der Waals surface area contributed by atoms with Crippen LogP contribution in [-0.4, -0.2) is 4.98 Å². The largest absolute Gasteiger partial charge is 0.311 e. The summed E-state index contributed by atoms with van der Waals surface area (Å²) in [7, 11) is 0. The molecule has 0 unspecified atom stereocenters. The number of benzene rings is 8. The molecule has 10 aromatic rings. The third-order valence-electron chi connectivity index (χ3n) is 10.1. The van der Waals surface area contributed by atoms with E-state index in [1.54, 1.807) is 11.3 Å². The van der Waals surface area contributed by atoms with Crippen LogP contribution in [0, 0.1) is 0 Å². The molecule has 0 fully saturated rings. The molecule has 0 aliphatic rings. The average Bonchev–Trinajstić information content (AvgIpc) is 3.60. The van der Waals surface area contributed by atoms with Gasteiger partial charge in [0.2, 0.25) is 0 Å². The zero-order valence-electron chi connectivity index (χ0n) is 28.3. The molecule has 0 radical (unpaired) electrons. The molecular formula is C49H32N2S. The highest BCUT2D eigenvalue weighted by molar-refractivity contribution is 7.25. The quantitative estimate of drug-likeness (QED) is 0.163. The highest BCUT2D eigenvalue weighted by Crippen LogP contribution is 2.40. The van der Waals surface area contributed by atoms with Gasteiger partial charge in [0.05, 0.1) is 0 Å². The van der Waals surface area contributed by atoms with Crippen molar-refractivity contribution < 1.29 is 0 Å². The Bertz CT molecular complexity index is 2870. The number of fused-ring (bicyclic) bond motifs is 6. The van der Waals surface area contributed by atoms with E-state index in [0.717, 1.165) is 33.0 Å². The molecule has 2 aromatic heterocycles. The molecule has 0 aliphatic heterocycles. The molecule has 2 heterocycles. The first-order chi connectivity index (χ1) is 25.8. The lowest BCUT2D eigenvalue weighted by Gasteiger charge is -2.26. The van der Waals surface area contributed by atoms with E-state index in [9.17, 15) is 0 Å². The lowest BCUT2D eigenvalue weighted by Crippen LogP contribution is -2.09. The molecule has 0 saturated heterocycles. The smallest absolute Gasteiger partial charge is 0.124 e. The Morgan fingerprint density at radius 2 is 0.885 bits per heavy atom. The highest BCUT2D eigenvalue weighted by atomic mass is 32.1. The number of rotatable bonds is 6. The van der Waals surface area contributed by atoms with Gasteiger partial charge in [0.25, 0.3) is 0 Å². The summed E-state index contributed by atoms with van der Waals surface area (Å²) in [5.74, 6) is 0. The summed E-state index contributed by atoms with van der Waals surface area (Å²) in [6.07, 6.45) is 2.00. The van der Waals surface area contributed by atoms with Crippen LogP contribution in [0.25, 0.3) is 75.2 Å². The first-order valence-corrected chi connectivity index (χ1v) is 18.4. The van der Waals surface area contributed by atoms with Crippen LogP contribution in [0.3, 0.4) is 0 Å². The van der Waals surface area contributed by atoms with Crippen LogP contribution < -0.4 is 4.90 Å². The Morgan fingerprint density at radius 3 is 1.58 bits per heavy atom. The van der Waals surface area contributed by atoms with E-state index in [4.69, 9.17) is 4.98 Å². The molecule has 8 aromatic carbocycles. The zero-order chi connectivity index (χ0) is 34.4. The van der Waals surface area contributed by atoms with Crippen molar-refractivity contribution in [1.82, 2.24) is 4.98 Å². The van der Waals surface area contributed by atoms with Crippen LogP contribution in [0.1, 0.15) is 0 Å². The van der Waals surface area contributed by atoms with Crippen LogP contribution in [0.2, 0.25) is 0 Å². The topological polar surface area (TPSA) is 16.1 Å². The summed E-state index contributed by atoms with van der Waals surface area (Å²) in [5, 5.41) is 7.55. The van der Waals surface area contributed by atoms with E-state index >= 15 is 0 Å². The summed E-state index contributed by atoms with van der Waals surface area (Å²) in [4.78, 5) is 8.28. The van der Waals surface area contributed by atoms with Crippen molar-refractivity contribution in [2.45, 2.75) is 0 Å². The second-order valence-corrected chi connectivity index (χ2v) is 14.2. The van der Waals surface area contributed by atoms with Gasteiger partial charge < -0.3 is 4.90 Å². The van der Waals surface area contributed by atoms with E-state index in [1.165, 1.54) is 59.3 Å². The minimum Gasteiger partial charge on any atom is -0.311 e. The third-order valence-corrected chi connectivity index (χ3v) is 11.2. The maximum absolute atomic E-state index is 4.86. The first-order valence-electron chi connectivity index (χ1n) is 17.6. The molecule has 0 amide bonds. The Labute approximate surface area is 306 Å². The Balaban J connectivity index is 1.05. The molecule has 0 N–H and O–H groups in total. The van der Waals surface area contributed by atoms with Gasteiger partial charge in [-0.25, -0.2) is 4.98 Å². The van der Waals surface area contributed by atoms with Crippen LogP contribution >= 0.6 is 11.3 Å². The average molecular weight is 681 g/mol. The predicted octanol–water partition coefficient (Wildman–Crippen LogP) is 14.2. The van der Waals surface area contributed by atoms with Gasteiger partial charge in [-0.15, -0.1) is 11.3 Å². The van der Waals surface area contributed by atoms with Crippen molar-refractivity contribution in [1.29, 1.82) is 0 Å². The van der Waals surface area contributed by atoms with Gasteiger partial charge in [-0.2, -0.15) is 0 Å². The van der Waals surface area contributed by atoms with Crippen molar-refractivity contribution in [2.75, 3.05) is 4.90 Å². The van der Waals surface area contributed by atoms with Gasteiger partial charge >= 0.3 is 0 Å². The number of aromatic nitrogens is 1. The van der Waals surface area contributed by atoms with Crippen molar-refractivity contribution in [3.63, 3.8) is 0 Å².